The van der Waals surface area contributed by atoms with Gasteiger partial charge in [0.25, 0.3) is 0 Å². The fraction of sp³-hybridized carbons (Fsp3) is 0.400. The summed E-state index contributed by atoms with van der Waals surface area (Å²) in [6, 6.07) is 7.75. The molecule has 0 unspecified atom stereocenters. The molecule has 0 saturated heterocycles. The Kier molecular flexibility index (Phi) is 4.39. The van der Waals surface area contributed by atoms with E-state index in [-0.39, 0.29) is 0 Å². The van der Waals surface area contributed by atoms with Gasteiger partial charge in [0, 0.05) is 17.4 Å². The number of nitrogens with one attached hydrogen (secondary N) is 1. The van der Waals surface area contributed by atoms with Crippen LogP contribution in [0.3, 0.4) is 0 Å². The van der Waals surface area contributed by atoms with E-state index in [0.717, 1.165) is 10.0 Å². The second kappa shape index (κ2) is 5.35. The van der Waals surface area contributed by atoms with Crippen LogP contribution < -0.4 is 5.32 Å². The van der Waals surface area contributed by atoms with E-state index in [1.807, 2.05) is 24.3 Å². The van der Waals surface area contributed by atoms with Gasteiger partial charge in [-0.2, -0.15) is 0 Å². The molecule has 1 aromatic rings. The fourth-order valence-corrected chi connectivity index (χ4v) is 1.66. The van der Waals surface area contributed by atoms with Crippen molar-refractivity contribution in [3.05, 3.63) is 34.3 Å². The van der Waals surface area contributed by atoms with Crippen molar-refractivity contribution in [1.82, 2.24) is 5.32 Å². The highest BCUT2D eigenvalue weighted by atomic mass is 79.9. The molecule has 1 rings (SSSR count). The number of hydrogen-bond donors (Lipinski definition) is 1. The van der Waals surface area contributed by atoms with Gasteiger partial charge in [-0.05, 0) is 24.7 Å². The molecule has 72 valence electrons. The van der Waals surface area contributed by atoms with Gasteiger partial charge < -0.3 is 5.32 Å². The van der Waals surface area contributed by atoms with Crippen molar-refractivity contribution in [3.63, 3.8) is 0 Å². The van der Waals surface area contributed by atoms with E-state index in [1.54, 1.807) is 7.05 Å². The zero-order chi connectivity index (χ0) is 9.68. The van der Waals surface area contributed by atoms with Crippen LogP contribution >= 0.6 is 15.9 Å². The van der Waals surface area contributed by atoms with Crippen molar-refractivity contribution in [2.24, 2.45) is 0 Å². The van der Waals surface area contributed by atoms with Gasteiger partial charge in [-0.3, -0.25) is 0 Å². The Morgan fingerprint density at radius 2 is 2.31 bits per heavy atom. The molecule has 1 nitrogen and oxygen atoms in total. The van der Waals surface area contributed by atoms with Crippen LogP contribution in [0.1, 0.15) is 5.56 Å². The fourth-order valence-electron chi connectivity index (χ4n) is 1.21. The summed E-state index contributed by atoms with van der Waals surface area (Å²) in [6.45, 7) is 0.409. The summed E-state index contributed by atoms with van der Waals surface area (Å²) >= 11 is 3.35. The molecular formula is C10H13BrFN. The zero-order valence-corrected chi connectivity index (χ0v) is 9.14. The zero-order valence-electron chi connectivity index (χ0n) is 7.56. The summed E-state index contributed by atoms with van der Waals surface area (Å²) < 4.78 is 14.1. The minimum atomic E-state index is -0.806. The standard InChI is InChI=1S/C10H13BrFN/c1-13-7-10(12)6-8-3-2-4-9(11)5-8/h2-5,10,13H,6-7H2,1H3/t10-/m1/s1. The van der Waals surface area contributed by atoms with Gasteiger partial charge in [0.15, 0.2) is 0 Å². The van der Waals surface area contributed by atoms with E-state index in [0.29, 0.717) is 13.0 Å². The molecular weight excluding hydrogens is 233 g/mol. The van der Waals surface area contributed by atoms with Crippen LogP contribution in [0, 0.1) is 0 Å². The number of alkyl halides is 1. The van der Waals surface area contributed by atoms with E-state index >= 15 is 0 Å². The first-order valence-corrected chi connectivity index (χ1v) is 5.05. The second-order valence-electron chi connectivity index (χ2n) is 2.99. The van der Waals surface area contributed by atoms with Gasteiger partial charge in [-0.1, -0.05) is 28.1 Å². The normalized spacial score (nSPS) is 12.8. The third-order valence-electron chi connectivity index (χ3n) is 1.77. The van der Waals surface area contributed by atoms with Crippen molar-refractivity contribution in [2.45, 2.75) is 12.6 Å². The number of rotatable bonds is 4. The van der Waals surface area contributed by atoms with Gasteiger partial charge in [-0.15, -0.1) is 0 Å². The van der Waals surface area contributed by atoms with E-state index in [4.69, 9.17) is 0 Å². The third kappa shape index (κ3) is 3.87. The summed E-state index contributed by atoms with van der Waals surface area (Å²) in [5.74, 6) is 0. The van der Waals surface area contributed by atoms with Crippen molar-refractivity contribution in [3.8, 4) is 0 Å². The predicted molar refractivity (Wildman–Crippen MR) is 56.7 cm³/mol. The molecule has 0 aliphatic rings. The molecule has 0 saturated carbocycles. The van der Waals surface area contributed by atoms with Crippen molar-refractivity contribution in [2.75, 3.05) is 13.6 Å². The summed E-state index contributed by atoms with van der Waals surface area (Å²) in [4.78, 5) is 0. The Balaban J connectivity index is 2.53. The molecule has 0 bridgehead atoms. The molecule has 0 radical (unpaired) electrons. The Morgan fingerprint density at radius 1 is 1.54 bits per heavy atom. The highest BCUT2D eigenvalue weighted by molar-refractivity contribution is 9.10. The Bertz CT molecular complexity index is 265. The van der Waals surface area contributed by atoms with Crippen molar-refractivity contribution >= 4 is 15.9 Å². The highest BCUT2D eigenvalue weighted by Crippen LogP contribution is 2.13. The summed E-state index contributed by atoms with van der Waals surface area (Å²) in [6.07, 6.45) is -0.334. The first-order chi connectivity index (χ1) is 6.22. The number of halogens is 2. The lowest BCUT2D eigenvalue weighted by Crippen LogP contribution is -2.21. The molecule has 3 heteroatoms. The van der Waals surface area contributed by atoms with Crippen LogP contribution in [-0.2, 0) is 6.42 Å². The number of hydrogen-bond acceptors (Lipinski definition) is 1. The lowest BCUT2D eigenvalue weighted by atomic mass is 10.1. The van der Waals surface area contributed by atoms with E-state index in [1.165, 1.54) is 0 Å². The molecule has 0 aliphatic heterocycles. The average molecular weight is 246 g/mol. The topological polar surface area (TPSA) is 12.0 Å². The maximum absolute atomic E-state index is 13.1. The maximum atomic E-state index is 13.1. The summed E-state index contributed by atoms with van der Waals surface area (Å²) in [7, 11) is 1.76. The van der Waals surface area contributed by atoms with Gasteiger partial charge in [0.2, 0.25) is 0 Å². The summed E-state index contributed by atoms with van der Waals surface area (Å²) in [5, 5.41) is 2.82. The van der Waals surface area contributed by atoms with Gasteiger partial charge >= 0.3 is 0 Å². The first-order valence-electron chi connectivity index (χ1n) is 4.25. The lowest BCUT2D eigenvalue weighted by Gasteiger charge is -2.07. The number of benzene rings is 1. The minimum Gasteiger partial charge on any atom is -0.317 e. The monoisotopic (exact) mass is 245 g/mol. The molecule has 0 aromatic heterocycles. The van der Waals surface area contributed by atoms with Gasteiger partial charge in [0.1, 0.15) is 6.17 Å². The molecule has 1 N–H and O–H groups in total. The van der Waals surface area contributed by atoms with Crippen LogP contribution in [-0.4, -0.2) is 19.8 Å². The molecule has 0 fully saturated rings. The SMILES string of the molecule is CNC[C@H](F)Cc1cccc(Br)c1. The Morgan fingerprint density at radius 3 is 2.92 bits per heavy atom. The van der Waals surface area contributed by atoms with E-state index in [9.17, 15) is 4.39 Å². The maximum Gasteiger partial charge on any atom is 0.116 e. The first kappa shape index (κ1) is 10.7. The highest BCUT2D eigenvalue weighted by Gasteiger charge is 2.05. The van der Waals surface area contributed by atoms with Gasteiger partial charge in [0.05, 0.1) is 0 Å². The molecule has 0 aliphatic carbocycles. The molecule has 1 aromatic carbocycles. The van der Waals surface area contributed by atoms with E-state index in [2.05, 4.69) is 21.2 Å². The molecule has 0 heterocycles. The van der Waals surface area contributed by atoms with Crippen LogP contribution in [0.15, 0.2) is 28.7 Å². The Hall–Kier alpha value is -0.410. The Labute approximate surface area is 86.5 Å². The molecule has 0 amide bonds. The smallest absolute Gasteiger partial charge is 0.116 e. The predicted octanol–water partition coefficient (Wildman–Crippen LogP) is 2.55. The molecule has 1 atom stereocenters. The average Bonchev–Trinajstić information content (AvgIpc) is 2.04. The van der Waals surface area contributed by atoms with Crippen LogP contribution in [0.25, 0.3) is 0 Å². The lowest BCUT2D eigenvalue weighted by molar-refractivity contribution is 0.324. The third-order valence-corrected chi connectivity index (χ3v) is 2.27. The van der Waals surface area contributed by atoms with Crippen LogP contribution in [0.4, 0.5) is 4.39 Å². The van der Waals surface area contributed by atoms with Gasteiger partial charge in [-0.25, -0.2) is 4.39 Å². The quantitative estimate of drug-likeness (QED) is 0.860. The largest absolute Gasteiger partial charge is 0.317 e. The van der Waals surface area contributed by atoms with Crippen molar-refractivity contribution in [1.29, 1.82) is 0 Å². The molecule has 0 spiro atoms. The van der Waals surface area contributed by atoms with Crippen molar-refractivity contribution < 1.29 is 4.39 Å². The van der Waals surface area contributed by atoms with E-state index < -0.39 is 6.17 Å². The second-order valence-corrected chi connectivity index (χ2v) is 3.90. The minimum absolute atomic E-state index is 0.409. The molecule has 13 heavy (non-hydrogen) atoms. The summed E-state index contributed by atoms with van der Waals surface area (Å²) in [5.41, 5.74) is 1.03. The van der Waals surface area contributed by atoms with Crippen LogP contribution in [0.2, 0.25) is 0 Å². The van der Waals surface area contributed by atoms with Crippen LogP contribution in [0.5, 0.6) is 0 Å².